The van der Waals surface area contributed by atoms with Crippen LogP contribution in [-0.2, 0) is 22.2 Å². The predicted molar refractivity (Wildman–Crippen MR) is 131 cm³/mol. The van der Waals surface area contributed by atoms with Gasteiger partial charge in [-0.25, -0.2) is 13.5 Å². The van der Waals surface area contributed by atoms with Crippen molar-refractivity contribution in [3.63, 3.8) is 0 Å². The van der Waals surface area contributed by atoms with Crippen LogP contribution in [0.25, 0.3) is 11.3 Å². The summed E-state index contributed by atoms with van der Waals surface area (Å²) in [5.74, 6) is -0.0691. The van der Waals surface area contributed by atoms with E-state index in [0.717, 1.165) is 47.6 Å². The molecule has 7 nitrogen and oxygen atoms in total. The van der Waals surface area contributed by atoms with E-state index in [9.17, 15) is 9.00 Å². The van der Waals surface area contributed by atoms with Crippen molar-refractivity contribution in [3.05, 3.63) is 59.7 Å². The van der Waals surface area contributed by atoms with Crippen LogP contribution in [0.3, 0.4) is 0 Å². The second-order valence-electron chi connectivity index (χ2n) is 7.14. The normalized spacial score (nSPS) is 11.7. The molecule has 172 valence electrons. The molecule has 1 amide bonds. The number of nitrogens with zero attached hydrogens (tertiary/aromatic N) is 3. The van der Waals surface area contributed by atoms with Crippen LogP contribution in [-0.4, -0.2) is 43.0 Å². The third-order valence-electron chi connectivity index (χ3n) is 4.67. The smallest absolute Gasteiger partial charge is 0.226 e. The van der Waals surface area contributed by atoms with Crippen LogP contribution in [0.2, 0.25) is 0 Å². The molecule has 0 aliphatic rings. The first-order valence-corrected chi connectivity index (χ1v) is 12.5. The van der Waals surface area contributed by atoms with Crippen molar-refractivity contribution >= 4 is 33.4 Å². The van der Waals surface area contributed by atoms with Crippen LogP contribution in [0.4, 0.5) is 5.13 Å². The summed E-state index contributed by atoms with van der Waals surface area (Å²) in [5, 5.41) is 5.39. The minimum atomic E-state index is -1.14. The van der Waals surface area contributed by atoms with E-state index in [4.69, 9.17) is 0 Å². The van der Waals surface area contributed by atoms with E-state index in [2.05, 4.69) is 29.1 Å². The first kappa shape index (κ1) is 25.8. The predicted octanol–water partition coefficient (Wildman–Crippen LogP) is 4.10. The van der Waals surface area contributed by atoms with Crippen LogP contribution in [0.5, 0.6) is 0 Å². The zero-order valence-corrected chi connectivity index (χ0v) is 20.0. The van der Waals surface area contributed by atoms with Gasteiger partial charge in [-0.1, -0.05) is 26.0 Å². The lowest BCUT2D eigenvalue weighted by atomic mass is 10.1. The van der Waals surface area contributed by atoms with Crippen LogP contribution in [0.15, 0.2) is 59.1 Å². The summed E-state index contributed by atoms with van der Waals surface area (Å²) < 4.78 is 14.8. The summed E-state index contributed by atoms with van der Waals surface area (Å²) in [4.78, 5) is 21.6. The Bertz CT molecular complexity index is 988. The molecule has 9 heteroatoms. The maximum Gasteiger partial charge on any atom is 0.226 e. The zero-order valence-electron chi connectivity index (χ0n) is 18.4. The Morgan fingerprint density at radius 1 is 1.06 bits per heavy atom. The molecule has 1 unspecified atom stereocenters. The molecule has 3 N–H and O–H groups in total. The van der Waals surface area contributed by atoms with Gasteiger partial charge in [0.15, 0.2) is 5.13 Å². The van der Waals surface area contributed by atoms with Crippen LogP contribution in [0.1, 0.15) is 38.7 Å². The summed E-state index contributed by atoms with van der Waals surface area (Å²) in [7, 11) is -1.14. The molecular formula is C23H30N4O3S2. The van der Waals surface area contributed by atoms with E-state index in [-0.39, 0.29) is 11.4 Å². The number of hydrogen-bond acceptors (Lipinski definition) is 5. The fraction of sp³-hybridized carbons (Fsp3) is 0.348. The fourth-order valence-corrected chi connectivity index (χ4v) is 5.22. The average molecular weight is 475 g/mol. The largest absolute Gasteiger partial charge is 0.412 e. The number of carbonyl (C=O) groups excluding carboxylic acids is 1. The number of rotatable bonds is 11. The lowest BCUT2D eigenvalue weighted by Gasteiger charge is -2.19. The number of amides is 1. The first-order valence-electron chi connectivity index (χ1n) is 10.5. The number of benzene rings is 1. The van der Waals surface area contributed by atoms with E-state index >= 15 is 0 Å². The molecule has 1 atom stereocenters. The molecule has 1 aromatic carbocycles. The van der Waals surface area contributed by atoms with Crippen LogP contribution >= 0.6 is 11.3 Å². The lowest BCUT2D eigenvalue weighted by Crippen LogP contribution is -2.27. The van der Waals surface area contributed by atoms with Crippen molar-refractivity contribution in [1.29, 1.82) is 0 Å². The minimum absolute atomic E-state index is 0. The number of aryl methyl sites for hydroxylation is 1. The van der Waals surface area contributed by atoms with Crippen molar-refractivity contribution in [3.8, 4) is 11.3 Å². The van der Waals surface area contributed by atoms with Crippen molar-refractivity contribution in [2.75, 3.05) is 18.4 Å². The van der Waals surface area contributed by atoms with Crippen LogP contribution < -0.4 is 5.32 Å². The number of hydrogen-bond donors (Lipinski definition) is 1. The number of pyridine rings is 1. The van der Waals surface area contributed by atoms with Crippen molar-refractivity contribution in [2.24, 2.45) is 0 Å². The molecule has 0 aliphatic carbocycles. The molecule has 32 heavy (non-hydrogen) atoms. The molecule has 0 radical (unpaired) electrons. The number of aromatic nitrogens is 2. The summed E-state index contributed by atoms with van der Waals surface area (Å²) in [6.45, 7) is 5.84. The maximum absolute atomic E-state index is 12.8. The van der Waals surface area contributed by atoms with Gasteiger partial charge in [-0.15, -0.1) is 11.3 Å². The monoisotopic (exact) mass is 474 g/mol. The van der Waals surface area contributed by atoms with Gasteiger partial charge in [0.25, 0.3) is 0 Å². The van der Waals surface area contributed by atoms with E-state index in [1.807, 2.05) is 46.1 Å². The minimum Gasteiger partial charge on any atom is -0.412 e. The van der Waals surface area contributed by atoms with E-state index in [0.29, 0.717) is 18.0 Å². The number of carbonyl (C=O) groups is 1. The van der Waals surface area contributed by atoms with E-state index in [1.54, 1.807) is 12.4 Å². The van der Waals surface area contributed by atoms with E-state index in [1.165, 1.54) is 11.3 Å². The summed E-state index contributed by atoms with van der Waals surface area (Å²) >= 11 is 1.41. The third kappa shape index (κ3) is 7.30. The number of nitrogens with one attached hydrogen (secondary N) is 1. The third-order valence-corrected chi connectivity index (χ3v) is 6.94. The van der Waals surface area contributed by atoms with Gasteiger partial charge in [-0.05, 0) is 49.1 Å². The van der Waals surface area contributed by atoms with E-state index < -0.39 is 11.0 Å². The lowest BCUT2D eigenvalue weighted by molar-refractivity contribution is -0.116. The SMILES string of the molecule is CCCN(CCC)S(=O)c1ccc(CCC(=O)Nc2nc(-c3ccncc3)cs2)cc1.O. The van der Waals surface area contributed by atoms with Gasteiger partial charge in [0.05, 0.1) is 10.6 Å². The Hall–Kier alpha value is -2.46. The quantitative estimate of drug-likeness (QED) is 0.451. The summed E-state index contributed by atoms with van der Waals surface area (Å²) in [6.07, 6.45) is 6.38. The first-order chi connectivity index (χ1) is 15.1. The fourth-order valence-electron chi connectivity index (χ4n) is 3.12. The van der Waals surface area contributed by atoms with Gasteiger partial charge in [0.2, 0.25) is 5.91 Å². The van der Waals surface area contributed by atoms with Crippen molar-refractivity contribution in [1.82, 2.24) is 14.3 Å². The molecule has 0 saturated heterocycles. The Morgan fingerprint density at radius 2 is 1.72 bits per heavy atom. The highest BCUT2D eigenvalue weighted by Crippen LogP contribution is 2.24. The Morgan fingerprint density at radius 3 is 2.34 bits per heavy atom. The van der Waals surface area contributed by atoms with Gasteiger partial charge in [0, 0.05) is 42.8 Å². The van der Waals surface area contributed by atoms with Gasteiger partial charge in [-0.2, -0.15) is 0 Å². The highest BCUT2D eigenvalue weighted by Gasteiger charge is 2.14. The van der Waals surface area contributed by atoms with Gasteiger partial charge in [-0.3, -0.25) is 9.78 Å². The molecular weight excluding hydrogens is 444 g/mol. The molecule has 0 fully saturated rings. The van der Waals surface area contributed by atoms with Crippen molar-refractivity contribution < 1.29 is 14.5 Å². The standard InChI is InChI=1S/C23H28N4O2S2.H2O/c1-3-15-27(16-4-2)31(29)20-8-5-18(6-9-20)7-10-22(28)26-23-25-21(17-30-23)19-11-13-24-14-12-19;/h5-6,8-9,11-14,17H,3-4,7,10,15-16H2,1-2H3,(H,25,26,28);1H2. The highest BCUT2D eigenvalue weighted by molar-refractivity contribution is 7.82. The van der Waals surface area contributed by atoms with Gasteiger partial charge in [0.1, 0.15) is 11.0 Å². The Balaban J connectivity index is 0.00000363. The average Bonchev–Trinajstić information content (AvgIpc) is 3.26. The van der Waals surface area contributed by atoms with Gasteiger partial charge < -0.3 is 10.8 Å². The number of thiazole rings is 1. The van der Waals surface area contributed by atoms with Gasteiger partial charge >= 0.3 is 0 Å². The maximum atomic E-state index is 12.8. The molecule has 0 aliphatic heterocycles. The molecule has 3 aromatic rings. The topological polar surface area (TPSA) is 107 Å². The summed E-state index contributed by atoms with van der Waals surface area (Å²) in [6, 6.07) is 11.5. The Kier molecular flexibility index (Phi) is 10.6. The Labute approximate surface area is 195 Å². The molecule has 2 aromatic heterocycles. The second-order valence-corrected chi connectivity index (χ2v) is 9.49. The zero-order chi connectivity index (χ0) is 22.1. The molecule has 3 rings (SSSR count). The molecule has 0 saturated carbocycles. The van der Waals surface area contributed by atoms with Crippen LogP contribution in [0, 0.1) is 0 Å². The number of anilines is 1. The summed E-state index contributed by atoms with van der Waals surface area (Å²) in [5.41, 5.74) is 2.84. The second kappa shape index (κ2) is 13.2. The molecule has 2 heterocycles. The molecule has 0 spiro atoms. The molecule has 0 bridgehead atoms. The highest BCUT2D eigenvalue weighted by atomic mass is 32.2. The van der Waals surface area contributed by atoms with Crippen molar-refractivity contribution in [2.45, 2.75) is 44.4 Å².